The van der Waals surface area contributed by atoms with Gasteiger partial charge in [0.2, 0.25) is 10.9 Å². The maximum absolute atomic E-state index is 12.8. The number of carbonyl (C=O) groups excluding carboxylic acids is 1. The lowest BCUT2D eigenvalue weighted by molar-refractivity contribution is -0.146. The first-order chi connectivity index (χ1) is 10.9. The van der Waals surface area contributed by atoms with Crippen LogP contribution < -0.4 is 5.32 Å². The van der Waals surface area contributed by atoms with Crippen molar-refractivity contribution < 1.29 is 18.0 Å². The van der Waals surface area contributed by atoms with Crippen LogP contribution in [0.4, 0.5) is 18.9 Å². The molecule has 0 aliphatic carbocycles. The molecule has 1 aromatic carbocycles. The Labute approximate surface area is 132 Å². The van der Waals surface area contributed by atoms with Gasteiger partial charge >= 0.3 is 6.18 Å². The highest BCUT2D eigenvalue weighted by atomic mass is 32.1. The van der Waals surface area contributed by atoms with Crippen LogP contribution in [0.2, 0.25) is 0 Å². The smallest absolute Gasteiger partial charge is 0.326 e. The number of rotatable bonds is 3. The Morgan fingerprint density at radius 3 is 2.57 bits per heavy atom. The minimum absolute atomic E-state index is 0.0655. The fraction of sp³-hybridized carbons (Fsp3) is 0.231. The van der Waals surface area contributed by atoms with Gasteiger partial charge in [-0.05, 0) is 24.3 Å². The van der Waals surface area contributed by atoms with E-state index in [4.69, 9.17) is 0 Å². The van der Waals surface area contributed by atoms with E-state index in [1.165, 1.54) is 0 Å². The van der Waals surface area contributed by atoms with Crippen molar-refractivity contribution in [3.63, 3.8) is 0 Å². The van der Waals surface area contributed by atoms with E-state index < -0.39 is 12.0 Å². The number of nitrogens with one attached hydrogen (secondary N) is 1. The first-order valence-corrected chi connectivity index (χ1v) is 7.40. The van der Waals surface area contributed by atoms with E-state index in [1.807, 2.05) is 0 Å². The number of hydrogen-bond acceptors (Lipinski definition) is 5. The zero-order chi connectivity index (χ0) is 16.6. The van der Waals surface area contributed by atoms with Crippen molar-refractivity contribution in [2.24, 2.45) is 0 Å². The van der Waals surface area contributed by atoms with Crippen LogP contribution in [0, 0.1) is 0 Å². The van der Waals surface area contributed by atoms with Gasteiger partial charge in [-0.3, -0.25) is 4.79 Å². The van der Waals surface area contributed by atoms with Crippen LogP contribution in [0.25, 0.3) is 15.5 Å². The van der Waals surface area contributed by atoms with Crippen molar-refractivity contribution >= 4 is 27.9 Å². The lowest BCUT2D eigenvalue weighted by Gasteiger charge is -2.04. The van der Waals surface area contributed by atoms with Crippen LogP contribution in [0.3, 0.4) is 0 Å². The fourth-order valence-electron chi connectivity index (χ4n) is 1.86. The van der Waals surface area contributed by atoms with Crippen molar-refractivity contribution in [3.8, 4) is 10.6 Å². The molecule has 1 N–H and O–H groups in total. The molecule has 0 aliphatic rings. The Morgan fingerprint density at radius 1 is 1.26 bits per heavy atom. The summed E-state index contributed by atoms with van der Waals surface area (Å²) in [5.41, 5.74) is 1.24. The molecular formula is C13H10F3N5OS. The van der Waals surface area contributed by atoms with E-state index in [-0.39, 0.29) is 10.9 Å². The SMILES string of the molecule is CCC(=O)Nc1ccc(-c2nn3c(C(F)(F)F)nnc3s2)cc1. The Hall–Kier alpha value is -2.49. The Bertz CT molecular complexity index is 853. The molecule has 2 heterocycles. The Kier molecular flexibility index (Phi) is 3.76. The van der Waals surface area contributed by atoms with Crippen LogP contribution in [0.1, 0.15) is 19.2 Å². The van der Waals surface area contributed by atoms with Crippen LogP contribution in [0.5, 0.6) is 0 Å². The van der Waals surface area contributed by atoms with Crippen molar-refractivity contribution in [1.29, 1.82) is 0 Å². The summed E-state index contributed by atoms with van der Waals surface area (Å²) < 4.78 is 39.0. The van der Waals surface area contributed by atoms with Crippen molar-refractivity contribution in [3.05, 3.63) is 30.1 Å². The summed E-state index contributed by atoms with van der Waals surface area (Å²) in [7, 11) is 0. The quantitative estimate of drug-likeness (QED) is 0.794. The van der Waals surface area contributed by atoms with E-state index in [2.05, 4.69) is 20.6 Å². The lowest BCUT2D eigenvalue weighted by Crippen LogP contribution is -2.11. The highest BCUT2D eigenvalue weighted by molar-refractivity contribution is 7.19. The number of nitrogens with zero attached hydrogens (tertiary/aromatic N) is 4. The van der Waals surface area contributed by atoms with Gasteiger partial charge < -0.3 is 5.32 Å². The van der Waals surface area contributed by atoms with E-state index in [0.29, 0.717) is 27.2 Å². The summed E-state index contributed by atoms with van der Waals surface area (Å²) in [5, 5.41) is 13.6. The summed E-state index contributed by atoms with van der Waals surface area (Å²) in [5.74, 6) is -1.27. The van der Waals surface area contributed by atoms with Gasteiger partial charge in [0.15, 0.2) is 0 Å². The first-order valence-electron chi connectivity index (χ1n) is 6.58. The number of fused-ring (bicyclic) bond motifs is 1. The molecule has 0 aliphatic heterocycles. The second-order valence-electron chi connectivity index (χ2n) is 4.60. The Morgan fingerprint density at radius 2 is 1.96 bits per heavy atom. The molecule has 2 aromatic heterocycles. The van der Waals surface area contributed by atoms with Gasteiger partial charge in [0.1, 0.15) is 5.01 Å². The maximum Gasteiger partial charge on any atom is 0.453 e. The van der Waals surface area contributed by atoms with Gasteiger partial charge in [0.25, 0.3) is 5.82 Å². The minimum Gasteiger partial charge on any atom is -0.326 e. The third kappa shape index (κ3) is 3.02. The number of benzene rings is 1. The molecule has 0 fully saturated rings. The molecule has 120 valence electrons. The van der Waals surface area contributed by atoms with Crippen molar-refractivity contribution in [2.75, 3.05) is 5.32 Å². The fourth-order valence-corrected chi connectivity index (χ4v) is 2.70. The second-order valence-corrected chi connectivity index (χ2v) is 5.56. The molecule has 0 radical (unpaired) electrons. The van der Waals surface area contributed by atoms with Gasteiger partial charge in [-0.15, -0.1) is 10.2 Å². The number of halogens is 3. The van der Waals surface area contributed by atoms with Crippen molar-refractivity contribution in [2.45, 2.75) is 19.5 Å². The second kappa shape index (κ2) is 5.61. The molecule has 6 nitrogen and oxygen atoms in total. The Balaban J connectivity index is 1.91. The normalized spacial score (nSPS) is 11.8. The van der Waals surface area contributed by atoms with E-state index in [9.17, 15) is 18.0 Å². The summed E-state index contributed by atoms with van der Waals surface area (Å²) in [4.78, 5) is 11.4. The topological polar surface area (TPSA) is 72.2 Å². The third-order valence-electron chi connectivity index (χ3n) is 2.98. The summed E-state index contributed by atoms with van der Waals surface area (Å²) >= 11 is 1.00. The summed E-state index contributed by atoms with van der Waals surface area (Å²) in [6.45, 7) is 1.74. The molecule has 1 amide bonds. The average Bonchev–Trinajstić information content (AvgIpc) is 3.06. The largest absolute Gasteiger partial charge is 0.453 e. The van der Waals surface area contributed by atoms with Crippen molar-refractivity contribution in [1.82, 2.24) is 19.8 Å². The molecule has 0 saturated carbocycles. The van der Waals surface area contributed by atoms with Crippen LogP contribution in [-0.2, 0) is 11.0 Å². The molecule has 10 heteroatoms. The summed E-state index contributed by atoms with van der Waals surface area (Å²) in [6, 6.07) is 6.67. The van der Waals surface area contributed by atoms with Gasteiger partial charge in [-0.1, -0.05) is 18.3 Å². The van der Waals surface area contributed by atoms with Gasteiger partial charge in [0.05, 0.1) is 0 Å². The maximum atomic E-state index is 12.8. The predicted molar refractivity (Wildman–Crippen MR) is 78.0 cm³/mol. The number of alkyl halides is 3. The van der Waals surface area contributed by atoms with Gasteiger partial charge in [-0.2, -0.15) is 22.8 Å². The predicted octanol–water partition coefficient (Wildman–Crippen LogP) is 3.22. The minimum atomic E-state index is -4.61. The molecule has 0 atom stereocenters. The van der Waals surface area contributed by atoms with Gasteiger partial charge in [-0.25, -0.2) is 0 Å². The van der Waals surface area contributed by atoms with E-state index >= 15 is 0 Å². The van der Waals surface area contributed by atoms with E-state index in [0.717, 1.165) is 11.3 Å². The zero-order valence-electron chi connectivity index (χ0n) is 11.8. The molecule has 23 heavy (non-hydrogen) atoms. The highest BCUT2D eigenvalue weighted by Crippen LogP contribution is 2.31. The molecule has 3 rings (SSSR count). The standard InChI is InChI=1S/C13H10F3N5OS/c1-2-9(22)17-8-5-3-7(4-6-8)10-20-21-11(13(14,15)16)18-19-12(21)23-10/h3-6H,2H2,1H3,(H,17,22). The van der Waals surface area contributed by atoms with Crippen LogP contribution >= 0.6 is 11.3 Å². The monoisotopic (exact) mass is 341 g/mol. The number of amides is 1. The first kappa shape index (κ1) is 15.4. The summed E-state index contributed by atoms with van der Waals surface area (Å²) in [6.07, 6.45) is -4.25. The third-order valence-corrected chi connectivity index (χ3v) is 3.93. The van der Waals surface area contributed by atoms with E-state index in [1.54, 1.807) is 31.2 Å². The van der Waals surface area contributed by atoms with Crippen LogP contribution in [0.15, 0.2) is 24.3 Å². The molecular weight excluding hydrogens is 331 g/mol. The zero-order valence-corrected chi connectivity index (χ0v) is 12.6. The number of carbonyl (C=O) groups is 1. The highest BCUT2D eigenvalue weighted by Gasteiger charge is 2.38. The average molecular weight is 341 g/mol. The van der Waals surface area contributed by atoms with Gasteiger partial charge in [0, 0.05) is 17.7 Å². The molecule has 0 unspecified atom stereocenters. The number of anilines is 1. The molecule has 0 spiro atoms. The van der Waals surface area contributed by atoms with Crippen LogP contribution in [-0.4, -0.2) is 25.7 Å². The number of hydrogen-bond donors (Lipinski definition) is 1. The number of aromatic nitrogens is 4. The molecule has 0 saturated heterocycles. The molecule has 0 bridgehead atoms. The molecule has 3 aromatic rings. The lowest BCUT2D eigenvalue weighted by atomic mass is 10.2.